The minimum Gasteiger partial charge on any atom is -0.485 e. The van der Waals surface area contributed by atoms with Gasteiger partial charge in [0.1, 0.15) is 18.6 Å². The van der Waals surface area contributed by atoms with Crippen molar-refractivity contribution < 1.29 is 23.1 Å². The van der Waals surface area contributed by atoms with Crippen LogP contribution in [0.4, 0.5) is 0 Å². The maximum absolute atomic E-state index is 11.1. The third-order valence-electron chi connectivity index (χ3n) is 2.81. The van der Waals surface area contributed by atoms with Gasteiger partial charge in [-0.2, -0.15) is 4.72 Å². The average molecular weight is 337 g/mol. The van der Waals surface area contributed by atoms with E-state index in [1.807, 2.05) is 4.72 Å². The number of rotatable bonds is 7. The lowest BCUT2D eigenvalue weighted by molar-refractivity contribution is 0.111. The lowest BCUT2D eigenvalue weighted by Crippen LogP contribution is -2.27. The van der Waals surface area contributed by atoms with E-state index in [0.29, 0.717) is 28.9 Å². The Morgan fingerprint density at radius 1 is 1.35 bits per heavy atom. The summed E-state index contributed by atoms with van der Waals surface area (Å²) in [7, 11) is -3.53. The molecule has 1 unspecified atom stereocenters. The van der Waals surface area contributed by atoms with Gasteiger partial charge in [0.2, 0.25) is 10.0 Å². The number of pyridine rings is 2. The van der Waals surface area contributed by atoms with Crippen LogP contribution in [0.1, 0.15) is 27.8 Å². The maximum Gasteiger partial charge on any atom is 0.211 e. The number of hydrogen-bond donors (Lipinski definition) is 2. The molecule has 0 aromatic carbocycles. The highest BCUT2D eigenvalue weighted by Crippen LogP contribution is 2.16. The molecule has 2 heterocycles. The van der Waals surface area contributed by atoms with Gasteiger partial charge in [-0.25, -0.2) is 8.42 Å². The summed E-state index contributed by atoms with van der Waals surface area (Å²) in [6.45, 7) is 0.0996. The zero-order chi connectivity index (χ0) is 16.9. The van der Waals surface area contributed by atoms with E-state index in [1.165, 1.54) is 30.7 Å². The smallest absolute Gasteiger partial charge is 0.211 e. The SMILES string of the molecule is CS(=O)(=O)NC(O)c1ccc(COc2cnccc2C=O)nc1. The number of aliphatic hydroxyl groups excluding tert-OH is 1. The second-order valence-corrected chi connectivity index (χ2v) is 6.48. The normalized spacial score (nSPS) is 12.6. The Labute approximate surface area is 133 Å². The number of carbonyl (C=O) groups excluding carboxylic acids is 1. The van der Waals surface area contributed by atoms with Crippen molar-refractivity contribution in [3.8, 4) is 5.75 Å². The van der Waals surface area contributed by atoms with Gasteiger partial charge in [-0.15, -0.1) is 0 Å². The molecule has 0 amide bonds. The van der Waals surface area contributed by atoms with E-state index in [1.54, 1.807) is 6.07 Å². The molecule has 8 nitrogen and oxygen atoms in total. The molecule has 9 heteroatoms. The molecule has 0 aliphatic rings. The number of aromatic nitrogens is 2. The van der Waals surface area contributed by atoms with Crippen molar-refractivity contribution >= 4 is 16.3 Å². The third-order valence-corrected chi connectivity index (χ3v) is 3.46. The second-order valence-electron chi connectivity index (χ2n) is 4.70. The van der Waals surface area contributed by atoms with Gasteiger partial charge in [0, 0.05) is 18.0 Å². The second kappa shape index (κ2) is 7.27. The highest BCUT2D eigenvalue weighted by molar-refractivity contribution is 7.88. The lowest BCUT2D eigenvalue weighted by Gasteiger charge is -2.12. The molecule has 0 radical (unpaired) electrons. The Morgan fingerprint density at radius 3 is 2.74 bits per heavy atom. The highest BCUT2D eigenvalue weighted by Gasteiger charge is 2.13. The number of aldehydes is 1. The Balaban J connectivity index is 2.01. The zero-order valence-electron chi connectivity index (χ0n) is 12.2. The van der Waals surface area contributed by atoms with Crippen LogP contribution < -0.4 is 9.46 Å². The van der Waals surface area contributed by atoms with Crippen LogP contribution in [0.2, 0.25) is 0 Å². The summed E-state index contributed by atoms with van der Waals surface area (Å²) in [5, 5.41) is 9.71. The molecule has 0 fully saturated rings. The van der Waals surface area contributed by atoms with Gasteiger partial charge in [-0.3, -0.25) is 14.8 Å². The van der Waals surface area contributed by atoms with Crippen LogP contribution in [0.3, 0.4) is 0 Å². The Hall–Kier alpha value is -2.36. The first kappa shape index (κ1) is 17.0. The van der Waals surface area contributed by atoms with E-state index in [-0.39, 0.29) is 6.61 Å². The fourth-order valence-electron chi connectivity index (χ4n) is 1.71. The van der Waals surface area contributed by atoms with Crippen molar-refractivity contribution in [2.24, 2.45) is 0 Å². The quantitative estimate of drug-likeness (QED) is 0.555. The molecule has 2 N–H and O–H groups in total. The summed E-state index contributed by atoms with van der Waals surface area (Å²) in [6.07, 6.45) is 4.50. The molecule has 0 saturated heterocycles. The molecule has 1 atom stereocenters. The van der Waals surface area contributed by atoms with Crippen LogP contribution >= 0.6 is 0 Å². The highest BCUT2D eigenvalue weighted by atomic mass is 32.2. The van der Waals surface area contributed by atoms with Crippen LogP contribution in [0.5, 0.6) is 5.75 Å². The van der Waals surface area contributed by atoms with Crippen molar-refractivity contribution in [1.29, 1.82) is 0 Å². The predicted molar refractivity (Wildman–Crippen MR) is 81.1 cm³/mol. The molecule has 0 spiro atoms. The van der Waals surface area contributed by atoms with E-state index in [9.17, 15) is 18.3 Å². The van der Waals surface area contributed by atoms with E-state index < -0.39 is 16.3 Å². The standard InChI is InChI=1S/C14H15N3O5S/c1-23(20,21)17-14(19)10-2-3-12(16-6-10)9-22-13-7-15-5-4-11(13)8-18/h2-8,14,17,19H,9H2,1H3. The van der Waals surface area contributed by atoms with Gasteiger partial charge >= 0.3 is 0 Å². The Bertz CT molecular complexity index is 777. The molecule has 0 aliphatic carbocycles. The predicted octanol–water partition coefficient (Wildman–Crippen LogP) is 0.408. The number of nitrogens with one attached hydrogen (secondary N) is 1. The van der Waals surface area contributed by atoms with Gasteiger partial charge in [0.25, 0.3) is 0 Å². The summed E-state index contributed by atoms with van der Waals surface area (Å²) in [5.41, 5.74) is 1.22. The van der Waals surface area contributed by atoms with E-state index in [0.717, 1.165) is 6.26 Å². The molecule has 2 rings (SSSR count). The lowest BCUT2D eigenvalue weighted by atomic mass is 10.2. The summed E-state index contributed by atoms with van der Waals surface area (Å²) >= 11 is 0. The number of carbonyl (C=O) groups is 1. The Kier molecular flexibility index (Phi) is 5.37. The molecule has 0 aliphatic heterocycles. The van der Waals surface area contributed by atoms with Crippen LogP contribution in [0.15, 0.2) is 36.8 Å². The fourth-order valence-corrected chi connectivity index (χ4v) is 2.26. The van der Waals surface area contributed by atoms with Crippen molar-refractivity contribution in [2.45, 2.75) is 12.8 Å². The van der Waals surface area contributed by atoms with Crippen LogP contribution in [0.25, 0.3) is 0 Å². The fraction of sp³-hybridized carbons (Fsp3) is 0.214. The van der Waals surface area contributed by atoms with Crippen LogP contribution in [0, 0.1) is 0 Å². The number of aliphatic hydroxyl groups is 1. The molecule has 0 saturated carbocycles. The van der Waals surface area contributed by atoms with Crippen molar-refractivity contribution in [1.82, 2.24) is 14.7 Å². The minimum atomic E-state index is -3.53. The zero-order valence-corrected chi connectivity index (χ0v) is 13.0. The first-order valence-corrected chi connectivity index (χ1v) is 8.40. The molecule has 0 bridgehead atoms. The molecule has 2 aromatic heterocycles. The number of ether oxygens (including phenoxy) is 1. The van der Waals surface area contributed by atoms with Gasteiger partial charge in [-0.05, 0) is 12.1 Å². The van der Waals surface area contributed by atoms with E-state index >= 15 is 0 Å². The van der Waals surface area contributed by atoms with Gasteiger partial charge in [0.15, 0.2) is 6.29 Å². The summed E-state index contributed by atoms with van der Waals surface area (Å²) in [4.78, 5) is 18.8. The molecule has 122 valence electrons. The Morgan fingerprint density at radius 2 is 2.13 bits per heavy atom. The van der Waals surface area contributed by atoms with E-state index in [2.05, 4.69) is 9.97 Å². The first-order valence-electron chi connectivity index (χ1n) is 6.51. The summed E-state index contributed by atoms with van der Waals surface area (Å²) < 4.78 is 29.6. The van der Waals surface area contributed by atoms with E-state index in [4.69, 9.17) is 4.74 Å². The number of nitrogens with zero attached hydrogens (tertiary/aromatic N) is 2. The largest absolute Gasteiger partial charge is 0.485 e. The molecule has 2 aromatic rings. The summed E-state index contributed by atoms with van der Waals surface area (Å²) in [6, 6.07) is 4.64. The molecular formula is C14H15N3O5S. The van der Waals surface area contributed by atoms with Crippen molar-refractivity contribution in [3.05, 3.63) is 53.6 Å². The summed E-state index contributed by atoms with van der Waals surface area (Å²) in [5.74, 6) is 0.340. The first-order chi connectivity index (χ1) is 10.9. The topological polar surface area (TPSA) is 118 Å². The van der Waals surface area contributed by atoms with Crippen LogP contribution in [-0.2, 0) is 16.6 Å². The van der Waals surface area contributed by atoms with Crippen LogP contribution in [-0.4, -0.2) is 36.0 Å². The van der Waals surface area contributed by atoms with Crippen molar-refractivity contribution in [2.75, 3.05) is 6.26 Å². The minimum absolute atomic E-state index is 0.0996. The molecular weight excluding hydrogens is 322 g/mol. The molecule has 23 heavy (non-hydrogen) atoms. The van der Waals surface area contributed by atoms with Crippen molar-refractivity contribution in [3.63, 3.8) is 0 Å². The maximum atomic E-state index is 11.1. The van der Waals surface area contributed by atoms with Gasteiger partial charge in [-0.1, -0.05) is 6.07 Å². The monoisotopic (exact) mass is 337 g/mol. The van der Waals surface area contributed by atoms with Gasteiger partial charge in [0.05, 0.1) is 23.7 Å². The van der Waals surface area contributed by atoms with Gasteiger partial charge < -0.3 is 9.84 Å². The number of hydrogen-bond acceptors (Lipinski definition) is 7. The third kappa shape index (κ3) is 5.09. The number of sulfonamides is 1. The average Bonchev–Trinajstić information content (AvgIpc) is 2.52.